The molecule has 0 unspecified atom stereocenters. The number of hydrogen-bond donors (Lipinski definition) is 0. The van der Waals surface area contributed by atoms with Crippen molar-refractivity contribution < 1.29 is 8.81 Å². The van der Waals surface area contributed by atoms with E-state index in [0.29, 0.717) is 22.3 Å². The van der Waals surface area contributed by atoms with Crippen molar-refractivity contribution in [3.05, 3.63) is 70.1 Å². The molecule has 0 saturated carbocycles. The average molecular weight is 254 g/mol. The summed E-state index contributed by atoms with van der Waals surface area (Å²) in [6.45, 7) is 1.88. The van der Waals surface area contributed by atoms with Gasteiger partial charge in [0.1, 0.15) is 17.2 Å². The zero-order valence-corrected chi connectivity index (χ0v) is 10.3. The van der Waals surface area contributed by atoms with Crippen LogP contribution in [-0.2, 0) is 0 Å². The third kappa shape index (κ3) is 2.03. The SMILES string of the molecule is Cc1cccc2c(=O)cc(-c3cccc(F)c3)oc12. The molecule has 1 heterocycles. The summed E-state index contributed by atoms with van der Waals surface area (Å²) >= 11 is 0. The van der Waals surface area contributed by atoms with Crippen molar-refractivity contribution in [2.75, 3.05) is 0 Å². The van der Waals surface area contributed by atoms with E-state index >= 15 is 0 Å². The van der Waals surface area contributed by atoms with E-state index in [1.165, 1.54) is 18.2 Å². The Bertz CT molecular complexity index is 818. The molecule has 94 valence electrons. The molecule has 3 rings (SSSR count). The Morgan fingerprint density at radius 2 is 1.84 bits per heavy atom. The van der Waals surface area contributed by atoms with Gasteiger partial charge in [-0.25, -0.2) is 4.39 Å². The zero-order chi connectivity index (χ0) is 13.4. The second-order valence-corrected chi connectivity index (χ2v) is 4.44. The highest BCUT2D eigenvalue weighted by Gasteiger charge is 2.08. The van der Waals surface area contributed by atoms with Crippen molar-refractivity contribution in [2.24, 2.45) is 0 Å². The molecule has 2 aromatic carbocycles. The van der Waals surface area contributed by atoms with Crippen molar-refractivity contribution in [1.82, 2.24) is 0 Å². The maximum atomic E-state index is 13.2. The lowest BCUT2D eigenvalue weighted by molar-refractivity contribution is 0.609. The third-order valence-corrected chi connectivity index (χ3v) is 3.06. The van der Waals surface area contributed by atoms with E-state index in [1.54, 1.807) is 18.2 Å². The van der Waals surface area contributed by atoms with Crippen LogP contribution in [0.5, 0.6) is 0 Å². The summed E-state index contributed by atoms with van der Waals surface area (Å²) in [6.07, 6.45) is 0. The molecule has 3 aromatic rings. The fraction of sp³-hybridized carbons (Fsp3) is 0.0625. The molecule has 0 bridgehead atoms. The van der Waals surface area contributed by atoms with Crippen LogP contribution in [0, 0.1) is 12.7 Å². The first-order chi connectivity index (χ1) is 9.15. The molecule has 2 nitrogen and oxygen atoms in total. The normalized spacial score (nSPS) is 10.8. The predicted molar refractivity (Wildman–Crippen MR) is 72.6 cm³/mol. The molecule has 0 atom stereocenters. The first-order valence-electron chi connectivity index (χ1n) is 5.94. The summed E-state index contributed by atoms with van der Waals surface area (Å²) in [7, 11) is 0. The van der Waals surface area contributed by atoms with E-state index in [1.807, 2.05) is 19.1 Å². The predicted octanol–water partition coefficient (Wildman–Crippen LogP) is 3.91. The van der Waals surface area contributed by atoms with Crippen LogP contribution in [0.25, 0.3) is 22.3 Å². The van der Waals surface area contributed by atoms with Crippen molar-refractivity contribution >= 4 is 11.0 Å². The highest BCUT2D eigenvalue weighted by atomic mass is 19.1. The second kappa shape index (κ2) is 4.35. The van der Waals surface area contributed by atoms with Gasteiger partial charge in [0.15, 0.2) is 5.43 Å². The van der Waals surface area contributed by atoms with E-state index in [2.05, 4.69) is 0 Å². The number of hydrogen-bond acceptors (Lipinski definition) is 2. The Hall–Kier alpha value is -2.42. The van der Waals surface area contributed by atoms with Gasteiger partial charge in [-0.1, -0.05) is 24.3 Å². The minimum atomic E-state index is -0.356. The van der Waals surface area contributed by atoms with Crippen LogP contribution < -0.4 is 5.43 Å². The topological polar surface area (TPSA) is 30.2 Å². The monoisotopic (exact) mass is 254 g/mol. The molecule has 1 aromatic heterocycles. The van der Waals surface area contributed by atoms with Crippen LogP contribution >= 0.6 is 0 Å². The Morgan fingerprint density at radius 1 is 1.05 bits per heavy atom. The third-order valence-electron chi connectivity index (χ3n) is 3.06. The number of fused-ring (bicyclic) bond motifs is 1. The van der Waals surface area contributed by atoms with Crippen molar-refractivity contribution in [1.29, 1.82) is 0 Å². The molecule has 19 heavy (non-hydrogen) atoms. The van der Waals surface area contributed by atoms with Crippen molar-refractivity contribution in [2.45, 2.75) is 6.92 Å². The zero-order valence-electron chi connectivity index (χ0n) is 10.3. The van der Waals surface area contributed by atoms with Gasteiger partial charge in [-0.05, 0) is 30.7 Å². The Balaban J connectivity index is 2.32. The van der Waals surface area contributed by atoms with Crippen molar-refractivity contribution in [3.8, 4) is 11.3 Å². The van der Waals surface area contributed by atoms with Gasteiger partial charge >= 0.3 is 0 Å². The number of halogens is 1. The van der Waals surface area contributed by atoms with E-state index in [-0.39, 0.29) is 11.2 Å². The smallest absolute Gasteiger partial charge is 0.193 e. The van der Waals surface area contributed by atoms with E-state index in [9.17, 15) is 9.18 Å². The molecule has 0 spiro atoms. The molecule has 3 heteroatoms. The largest absolute Gasteiger partial charge is 0.456 e. The summed E-state index contributed by atoms with van der Waals surface area (Å²) in [5.41, 5.74) is 1.87. The van der Waals surface area contributed by atoms with Gasteiger partial charge in [0.05, 0.1) is 5.39 Å². The summed E-state index contributed by atoms with van der Waals surface area (Å²) in [4.78, 5) is 12.1. The Kier molecular flexibility index (Phi) is 2.67. The first-order valence-corrected chi connectivity index (χ1v) is 5.94. The van der Waals surface area contributed by atoms with Crippen LogP contribution in [0.4, 0.5) is 4.39 Å². The molecule has 0 aliphatic rings. The molecule has 0 aliphatic carbocycles. The highest BCUT2D eigenvalue weighted by Crippen LogP contribution is 2.24. The summed E-state index contributed by atoms with van der Waals surface area (Å²) in [6, 6.07) is 12.8. The molecule has 0 N–H and O–H groups in total. The number of para-hydroxylation sites is 1. The van der Waals surface area contributed by atoms with E-state index < -0.39 is 0 Å². The van der Waals surface area contributed by atoms with Crippen LogP contribution in [0.15, 0.2) is 57.7 Å². The van der Waals surface area contributed by atoms with Crippen LogP contribution in [0.2, 0.25) is 0 Å². The first kappa shape index (κ1) is 11.7. The Labute approximate surface area is 109 Å². The number of rotatable bonds is 1. The van der Waals surface area contributed by atoms with Gasteiger partial charge < -0.3 is 4.42 Å². The van der Waals surface area contributed by atoms with Gasteiger partial charge in [-0.3, -0.25) is 4.79 Å². The minimum absolute atomic E-state index is 0.121. The van der Waals surface area contributed by atoms with Crippen LogP contribution in [0.3, 0.4) is 0 Å². The van der Waals surface area contributed by atoms with Crippen molar-refractivity contribution in [3.63, 3.8) is 0 Å². The standard InChI is InChI=1S/C16H11FO2/c1-10-4-2-7-13-14(18)9-15(19-16(10)13)11-5-3-6-12(17)8-11/h2-9H,1H3. The summed E-state index contributed by atoms with van der Waals surface area (Å²) in [5, 5.41) is 0.542. The lowest BCUT2D eigenvalue weighted by Gasteiger charge is -2.05. The number of aryl methyl sites for hydroxylation is 1. The van der Waals surface area contributed by atoms with Gasteiger partial charge in [-0.2, -0.15) is 0 Å². The molecule has 0 fully saturated rings. The fourth-order valence-corrected chi connectivity index (χ4v) is 2.10. The maximum Gasteiger partial charge on any atom is 0.193 e. The Morgan fingerprint density at radius 3 is 2.63 bits per heavy atom. The fourth-order valence-electron chi connectivity index (χ4n) is 2.10. The summed E-state index contributed by atoms with van der Waals surface area (Å²) < 4.78 is 19.0. The number of benzene rings is 2. The molecular formula is C16H11FO2. The molecule has 0 radical (unpaired) electrons. The molecule has 0 aliphatic heterocycles. The average Bonchev–Trinajstić information content (AvgIpc) is 2.40. The lowest BCUT2D eigenvalue weighted by atomic mass is 10.1. The van der Waals surface area contributed by atoms with E-state index in [4.69, 9.17) is 4.42 Å². The van der Waals surface area contributed by atoms with Crippen LogP contribution in [-0.4, -0.2) is 0 Å². The van der Waals surface area contributed by atoms with Gasteiger partial charge in [0, 0.05) is 11.6 Å². The van der Waals surface area contributed by atoms with Gasteiger partial charge in [0.25, 0.3) is 0 Å². The summed E-state index contributed by atoms with van der Waals surface area (Å²) in [5.74, 6) is 0.0244. The molecule has 0 saturated heterocycles. The van der Waals surface area contributed by atoms with Gasteiger partial charge in [-0.15, -0.1) is 0 Å². The van der Waals surface area contributed by atoms with Gasteiger partial charge in [0.2, 0.25) is 0 Å². The van der Waals surface area contributed by atoms with E-state index in [0.717, 1.165) is 5.56 Å². The second-order valence-electron chi connectivity index (χ2n) is 4.44. The lowest BCUT2D eigenvalue weighted by Crippen LogP contribution is -2.01. The molecule has 0 amide bonds. The van der Waals surface area contributed by atoms with Crippen LogP contribution in [0.1, 0.15) is 5.56 Å². The highest BCUT2D eigenvalue weighted by molar-refractivity contribution is 5.81. The quantitative estimate of drug-likeness (QED) is 0.659. The minimum Gasteiger partial charge on any atom is -0.456 e. The maximum absolute atomic E-state index is 13.2. The molecular weight excluding hydrogens is 243 g/mol.